The van der Waals surface area contributed by atoms with Crippen LogP contribution < -0.4 is 5.69 Å². The van der Waals surface area contributed by atoms with Crippen molar-refractivity contribution in [2.24, 2.45) is 14.1 Å². The van der Waals surface area contributed by atoms with Gasteiger partial charge in [-0.25, -0.2) is 4.79 Å². The Morgan fingerprint density at radius 3 is 1.88 bits per heavy atom. The Morgan fingerprint density at radius 1 is 0.882 bits per heavy atom. The van der Waals surface area contributed by atoms with Crippen molar-refractivity contribution in [1.82, 2.24) is 9.13 Å². The molecular weight excluding hydrogens is 212 g/mol. The largest absolute Gasteiger partial charge is 0.328 e. The number of fused-ring (bicyclic) bond motifs is 1. The highest BCUT2D eigenvalue weighted by Gasteiger charge is 2.05. The maximum absolute atomic E-state index is 11.5. The first kappa shape index (κ1) is 15.5. The summed E-state index contributed by atoms with van der Waals surface area (Å²) in [5, 5.41) is 0. The molecule has 0 fully saturated rings. The van der Waals surface area contributed by atoms with Crippen LogP contribution in [0.1, 0.15) is 33.3 Å². The number of hydrogen-bond donors (Lipinski definition) is 0. The van der Waals surface area contributed by atoms with Crippen molar-refractivity contribution < 1.29 is 0 Å². The fraction of sp³-hybridized carbons (Fsp3) is 0.500. The van der Waals surface area contributed by atoms with Crippen LogP contribution in [0, 0.1) is 6.92 Å². The van der Waals surface area contributed by atoms with Crippen LogP contribution in [0.5, 0.6) is 0 Å². The SMILES string of the molecule is CC.CC.Cc1ccc2c(c1)n(C)c(=O)n2C. The van der Waals surface area contributed by atoms with E-state index < -0.39 is 0 Å². The third-order valence-electron chi connectivity index (χ3n) is 2.43. The van der Waals surface area contributed by atoms with Crippen molar-refractivity contribution in [2.45, 2.75) is 34.6 Å². The summed E-state index contributed by atoms with van der Waals surface area (Å²) in [6.45, 7) is 10.0. The minimum atomic E-state index is 0.0283. The molecule has 1 heterocycles. The molecule has 2 aromatic rings. The number of hydrogen-bond acceptors (Lipinski definition) is 1. The zero-order chi connectivity index (χ0) is 13.6. The molecule has 0 spiro atoms. The van der Waals surface area contributed by atoms with Gasteiger partial charge in [0.25, 0.3) is 0 Å². The number of aromatic nitrogens is 2. The average Bonchev–Trinajstić information content (AvgIpc) is 2.59. The molecule has 0 amide bonds. The fourth-order valence-electron chi connectivity index (χ4n) is 1.62. The first-order valence-corrected chi connectivity index (χ1v) is 6.23. The molecule has 0 saturated heterocycles. The van der Waals surface area contributed by atoms with E-state index in [4.69, 9.17) is 0 Å². The van der Waals surface area contributed by atoms with Gasteiger partial charge in [-0.15, -0.1) is 0 Å². The van der Waals surface area contributed by atoms with E-state index in [1.807, 2.05) is 52.8 Å². The lowest BCUT2D eigenvalue weighted by molar-refractivity contribution is 0.795. The molecule has 1 aromatic heterocycles. The van der Waals surface area contributed by atoms with Crippen molar-refractivity contribution in [2.75, 3.05) is 0 Å². The van der Waals surface area contributed by atoms with Crippen molar-refractivity contribution in [3.05, 3.63) is 34.2 Å². The van der Waals surface area contributed by atoms with E-state index in [9.17, 15) is 4.79 Å². The Balaban J connectivity index is 0.000000581. The third-order valence-corrected chi connectivity index (χ3v) is 2.43. The predicted octanol–water partition coefficient (Wildman–Crippen LogP) is 3.24. The lowest BCUT2D eigenvalue weighted by Gasteiger charge is -1.95. The van der Waals surface area contributed by atoms with Gasteiger partial charge in [-0.05, 0) is 24.6 Å². The summed E-state index contributed by atoms with van der Waals surface area (Å²) in [6, 6.07) is 6.02. The second kappa shape index (κ2) is 6.94. The van der Waals surface area contributed by atoms with Crippen LogP contribution >= 0.6 is 0 Å². The first-order valence-electron chi connectivity index (χ1n) is 6.23. The summed E-state index contributed by atoms with van der Waals surface area (Å²) in [5.41, 5.74) is 3.18. The zero-order valence-corrected chi connectivity index (χ0v) is 12.0. The van der Waals surface area contributed by atoms with Gasteiger partial charge in [0.1, 0.15) is 0 Å². The molecule has 0 aliphatic heterocycles. The van der Waals surface area contributed by atoms with Crippen LogP contribution in [0.25, 0.3) is 11.0 Å². The lowest BCUT2D eigenvalue weighted by Crippen LogP contribution is -2.19. The molecule has 0 bridgehead atoms. The molecule has 0 saturated carbocycles. The van der Waals surface area contributed by atoms with Gasteiger partial charge in [0.05, 0.1) is 11.0 Å². The Morgan fingerprint density at radius 2 is 1.35 bits per heavy atom. The molecule has 1 aromatic carbocycles. The van der Waals surface area contributed by atoms with Crippen LogP contribution in [0.3, 0.4) is 0 Å². The maximum Gasteiger partial charge on any atom is 0.328 e. The Kier molecular flexibility index (Phi) is 6.33. The zero-order valence-electron chi connectivity index (χ0n) is 12.0. The molecule has 2 rings (SSSR count). The van der Waals surface area contributed by atoms with E-state index in [1.165, 1.54) is 5.56 Å². The second-order valence-electron chi connectivity index (χ2n) is 3.39. The van der Waals surface area contributed by atoms with Crippen molar-refractivity contribution in [1.29, 1.82) is 0 Å². The van der Waals surface area contributed by atoms with Gasteiger partial charge in [-0.2, -0.15) is 0 Å². The van der Waals surface area contributed by atoms with Gasteiger partial charge >= 0.3 is 5.69 Å². The molecule has 0 aliphatic carbocycles. The number of rotatable bonds is 0. The van der Waals surface area contributed by atoms with E-state index in [2.05, 4.69) is 0 Å². The highest BCUT2D eigenvalue weighted by Crippen LogP contribution is 2.12. The molecule has 0 N–H and O–H groups in total. The van der Waals surface area contributed by atoms with Crippen molar-refractivity contribution in [3.8, 4) is 0 Å². The lowest BCUT2D eigenvalue weighted by atomic mass is 10.2. The highest BCUT2D eigenvalue weighted by molar-refractivity contribution is 5.76. The minimum Gasteiger partial charge on any atom is -0.295 e. The highest BCUT2D eigenvalue weighted by atomic mass is 16.1. The summed E-state index contributed by atoms with van der Waals surface area (Å²) in [7, 11) is 3.59. The molecule has 96 valence electrons. The molecule has 0 aliphatic rings. The van der Waals surface area contributed by atoms with Gasteiger partial charge in [0.15, 0.2) is 0 Å². The maximum atomic E-state index is 11.5. The van der Waals surface area contributed by atoms with Gasteiger partial charge < -0.3 is 0 Å². The molecule has 17 heavy (non-hydrogen) atoms. The van der Waals surface area contributed by atoms with Crippen molar-refractivity contribution in [3.63, 3.8) is 0 Å². The van der Waals surface area contributed by atoms with E-state index in [1.54, 1.807) is 23.2 Å². The van der Waals surface area contributed by atoms with Crippen LogP contribution in [-0.2, 0) is 14.1 Å². The molecule has 0 atom stereocenters. The topological polar surface area (TPSA) is 26.9 Å². The van der Waals surface area contributed by atoms with E-state index >= 15 is 0 Å². The van der Waals surface area contributed by atoms with Gasteiger partial charge in [0.2, 0.25) is 0 Å². The summed E-state index contributed by atoms with van der Waals surface area (Å²) in [6.07, 6.45) is 0. The van der Waals surface area contributed by atoms with Gasteiger partial charge in [-0.1, -0.05) is 33.8 Å². The van der Waals surface area contributed by atoms with Crippen LogP contribution in [0.4, 0.5) is 0 Å². The van der Waals surface area contributed by atoms with E-state index in [0.717, 1.165) is 11.0 Å². The average molecular weight is 236 g/mol. The summed E-state index contributed by atoms with van der Waals surface area (Å²) in [5.74, 6) is 0. The predicted molar refractivity (Wildman–Crippen MR) is 75.6 cm³/mol. The summed E-state index contributed by atoms with van der Waals surface area (Å²) in [4.78, 5) is 11.5. The van der Waals surface area contributed by atoms with Gasteiger partial charge in [-0.3, -0.25) is 9.13 Å². The van der Waals surface area contributed by atoms with Gasteiger partial charge in [0, 0.05) is 14.1 Å². The standard InChI is InChI=1S/C10H12N2O.2C2H6/c1-7-4-5-8-9(6-7)12(3)10(13)11(8)2;2*1-2/h4-6H,1-3H3;2*1-2H3. The molecule has 0 radical (unpaired) electrons. The smallest absolute Gasteiger partial charge is 0.295 e. The van der Waals surface area contributed by atoms with Crippen LogP contribution in [-0.4, -0.2) is 9.13 Å². The Hall–Kier alpha value is -1.51. The van der Waals surface area contributed by atoms with E-state index in [0.29, 0.717) is 0 Å². The Bertz CT molecular complexity index is 521. The van der Waals surface area contributed by atoms with Crippen LogP contribution in [0.2, 0.25) is 0 Å². The number of benzene rings is 1. The number of aryl methyl sites for hydroxylation is 3. The Labute approximate surface area is 104 Å². The number of nitrogens with zero attached hydrogens (tertiary/aromatic N) is 2. The quantitative estimate of drug-likeness (QED) is 0.690. The molecule has 3 heteroatoms. The molecular formula is C14H24N2O. The summed E-state index contributed by atoms with van der Waals surface area (Å²) < 4.78 is 3.33. The third kappa shape index (κ3) is 2.99. The fourth-order valence-corrected chi connectivity index (χ4v) is 1.62. The van der Waals surface area contributed by atoms with Crippen molar-refractivity contribution >= 4 is 11.0 Å². The first-order chi connectivity index (χ1) is 8.11. The second-order valence-corrected chi connectivity index (χ2v) is 3.39. The normalized spacial score (nSPS) is 9.12. The minimum absolute atomic E-state index is 0.0283. The molecule has 0 unspecified atom stereocenters. The number of imidazole rings is 1. The molecule has 3 nitrogen and oxygen atoms in total. The van der Waals surface area contributed by atoms with Crippen LogP contribution in [0.15, 0.2) is 23.0 Å². The monoisotopic (exact) mass is 236 g/mol. The van der Waals surface area contributed by atoms with E-state index in [-0.39, 0.29) is 5.69 Å². The summed E-state index contributed by atoms with van der Waals surface area (Å²) >= 11 is 0.